The van der Waals surface area contributed by atoms with E-state index in [1.807, 2.05) is 24.3 Å². The summed E-state index contributed by atoms with van der Waals surface area (Å²) in [4.78, 5) is 0. The maximum absolute atomic E-state index is 6.06. The molecule has 0 amide bonds. The van der Waals surface area contributed by atoms with Crippen molar-refractivity contribution in [2.45, 2.75) is 57.8 Å². The molecule has 6 heteroatoms. The van der Waals surface area contributed by atoms with Gasteiger partial charge < -0.3 is 28.4 Å². The van der Waals surface area contributed by atoms with Crippen LogP contribution in [0.3, 0.4) is 0 Å². The molecular formula is C33H40O6. The predicted molar refractivity (Wildman–Crippen MR) is 151 cm³/mol. The third-order valence-electron chi connectivity index (χ3n) is 7.22. The Morgan fingerprint density at radius 1 is 0.667 bits per heavy atom. The number of hydrogen-bond acceptors (Lipinski definition) is 6. The summed E-state index contributed by atoms with van der Waals surface area (Å²) in [7, 11) is 0. The Hall–Kier alpha value is -3.22. The molecule has 5 rings (SSSR count). The predicted octanol–water partition coefficient (Wildman–Crippen LogP) is 6.44. The second-order valence-corrected chi connectivity index (χ2v) is 11.3. The van der Waals surface area contributed by atoms with Gasteiger partial charge in [0.05, 0.1) is 38.6 Å². The van der Waals surface area contributed by atoms with Crippen LogP contribution in [-0.4, -0.2) is 51.3 Å². The molecule has 39 heavy (non-hydrogen) atoms. The zero-order chi connectivity index (χ0) is 27.2. The monoisotopic (exact) mass is 532 g/mol. The van der Waals surface area contributed by atoms with Gasteiger partial charge >= 0.3 is 0 Å². The molecule has 0 saturated carbocycles. The van der Waals surface area contributed by atoms with E-state index in [1.165, 1.54) is 11.1 Å². The fourth-order valence-electron chi connectivity index (χ4n) is 4.45. The summed E-state index contributed by atoms with van der Waals surface area (Å²) in [6.07, 6.45) is 1.72. The normalized spacial score (nSPS) is 19.6. The highest BCUT2D eigenvalue weighted by Crippen LogP contribution is 2.34. The van der Waals surface area contributed by atoms with E-state index in [2.05, 4.69) is 76.2 Å². The Kier molecular flexibility index (Phi) is 8.63. The zero-order valence-corrected chi connectivity index (χ0v) is 23.4. The third kappa shape index (κ3) is 8.13. The van der Waals surface area contributed by atoms with Crippen molar-refractivity contribution in [3.8, 4) is 23.0 Å². The van der Waals surface area contributed by atoms with Gasteiger partial charge in [0.15, 0.2) is 0 Å². The summed E-state index contributed by atoms with van der Waals surface area (Å²) in [5.41, 5.74) is 2.33. The molecule has 3 aromatic rings. The molecule has 6 nitrogen and oxygen atoms in total. The first-order valence-electron chi connectivity index (χ1n) is 13.9. The fraction of sp³-hybridized carbons (Fsp3) is 0.455. The van der Waals surface area contributed by atoms with Gasteiger partial charge in [-0.05, 0) is 66.6 Å². The summed E-state index contributed by atoms with van der Waals surface area (Å²) < 4.78 is 34.2. The van der Waals surface area contributed by atoms with Crippen LogP contribution >= 0.6 is 0 Å². The first-order chi connectivity index (χ1) is 18.8. The van der Waals surface area contributed by atoms with E-state index in [9.17, 15) is 0 Å². The molecule has 2 aliphatic rings. The largest absolute Gasteiger partial charge is 0.493 e. The molecule has 0 spiro atoms. The molecule has 2 saturated heterocycles. The van der Waals surface area contributed by atoms with Crippen molar-refractivity contribution in [2.75, 3.05) is 33.0 Å². The van der Waals surface area contributed by atoms with Crippen molar-refractivity contribution in [3.63, 3.8) is 0 Å². The van der Waals surface area contributed by atoms with Gasteiger partial charge in [-0.1, -0.05) is 45.0 Å². The summed E-state index contributed by atoms with van der Waals surface area (Å²) in [6, 6.07) is 24.6. The second kappa shape index (κ2) is 12.3. The van der Waals surface area contributed by atoms with E-state index in [0.29, 0.717) is 25.9 Å². The van der Waals surface area contributed by atoms with Gasteiger partial charge in [-0.2, -0.15) is 0 Å². The van der Waals surface area contributed by atoms with Crippen LogP contribution in [-0.2, 0) is 14.9 Å². The second-order valence-electron chi connectivity index (χ2n) is 11.3. The summed E-state index contributed by atoms with van der Waals surface area (Å²) in [5.74, 6) is 3.65. The molecular weight excluding hydrogens is 492 g/mol. The van der Waals surface area contributed by atoms with E-state index in [0.717, 1.165) is 42.6 Å². The van der Waals surface area contributed by atoms with Crippen LogP contribution in [0, 0.1) is 5.92 Å². The van der Waals surface area contributed by atoms with Gasteiger partial charge in [0, 0.05) is 17.8 Å². The lowest BCUT2D eigenvalue weighted by Gasteiger charge is -2.27. The lowest BCUT2D eigenvalue weighted by molar-refractivity contribution is 0.188. The Balaban J connectivity index is 1.06. The van der Waals surface area contributed by atoms with Crippen molar-refractivity contribution in [1.29, 1.82) is 0 Å². The van der Waals surface area contributed by atoms with E-state index in [1.54, 1.807) is 0 Å². The van der Waals surface area contributed by atoms with Crippen LogP contribution in [0.2, 0.25) is 0 Å². The zero-order valence-electron chi connectivity index (χ0n) is 23.4. The van der Waals surface area contributed by atoms with Crippen LogP contribution in [0.15, 0.2) is 72.8 Å². The van der Waals surface area contributed by atoms with Gasteiger partial charge in [-0.3, -0.25) is 0 Å². The van der Waals surface area contributed by atoms with E-state index in [4.69, 9.17) is 28.4 Å². The summed E-state index contributed by atoms with van der Waals surface area (Å²) in [6.45, 7) is 12.1. The number of rotatable bonds is 15. The number of benzene rings is 3. The number of ether oxygens (including phenoxy) is 6. The maximum Gasteiger partial charge on any atom is 0.119 e. The standard InChI is InChI=1S/C33H40O6/c1-23(19-35-28-13-15-29(16-14-28)36-21-32-22-38-32)18-34-27-9-5-25(6-10-27)33(3,4)26-7-11-30(12-8-26)39-24(2)17-31-20-37-31/h5-16,23-24,31-32H,17-22H2,1-4H3. The Labute approximate surface area is 232 Å². The Morgan fingerprint density at radius 2 is 1.10 bits per heavy atom. The minimum atomic E-state index is -0.141. The smallest absolute Gasteiger partial charge is 0.119 e. The van der Waals surface area contributed by atoms with Gasteiger partial charge in [-0.15, -0.1) is 0 Å². The first-order valence-corrected chi connectivity index (χ1v) is 13.9. The molecule has 0 bridgehead atoms. The van der Waals surface area contributed by atoms with Crippen molar-refractivity contribution in [3.05, 3.63) is 83.9 Å². The lowest BCUT2D eigenvalue weighted by atomic mass is 9.78. The van der Waals surface area contributed by atoms with Gasteiger partial charge in [-0.25, -0.2) is 0 Å². The minimum Gasteiger partial charge on any atom is -0.493 e. The summed E-state index contributed by atoms with van der Waals surface area (Å²) >= 11 is 0. The van der Waals surface area contributed by atoms with Crippen LogP contribution in [0.1, 0.15) is 45.2 Å². The van der Waals surface area contributed by atoms with Crippen molar-refractivity contribution in [2.24, 2.45) is 5.92 Å². The van der Waals surface area contributed by atoms with Crippen molar-refractivity contribution >= 4 is 0 Å². The van der Waals surface area contributed by atoms with Crippen LogP contribution < -0.4 is 18.9 Å². The molecule has 0 N–H and O–H groups in total. The minimum absolute atomic E-state index is 0.141. The lowest BCUT2D eigenvalue weighted by Crippen LogP contribution is -2.19. The summed E-state index contributed by atoms with van der Waals surface area (Å²) in [5, 5.41) is 0. The molecule has 0 aromatic heterocycles. The molecule has 3 aromatic carbocycles. The first kappa shape index (κ1) is 27.4. The van der Waals surface area contributed by atoms with E-state index < -0.39 is 0 Å². The molecule has 4 unspecified atom stereocenters. The molecule has 0 aliphatic carbocycles. The molecule has 2 fully saturated rings. The van der Waals surface area contributed by atoms with Gasteiger partial charge in [0.2, 0.25) is 0 Å². The molecule has 2 aliphatic heterocycles. The van der Waals surface area contributed by atoms with E-state index >= 15 is 0 Å². The van der Waals surface area contributed by atoms with Crippen molar-refractivity contribution < 1.29 is 28.4 Å². The quantitative estimate of drug-likeness (QED) is 0.210. The van der Waals surface area contributed by atoms with Crippen LogP contribution in [0.5, 0.6) is 23.0 Å². The number of hydrogen-bond donors (Lipinski definition) is 0. The Bertz CT molecular complexity index is 1160. The average molecular weight is 533 g/mol. The van der Waals surface area contributed by atoms with Crippen LogP contribution in [0.25, 0.3) is 0 Å². The topological polar surface area (TPSA) is 62.0 Å². The highest BCUT2D eigenvalue weighted by molar-refractivity contribution is 5.42. The molecule has 2 heterocycles. The Morgan fingerprint density at radius 3 is 1.59 bits per heavy atom. The molecule has 4 atom stereocenters. The SMILES string of the molecule is CC(COc1ccc(OCC2CO2)cc1)COc1ccc(C(C)(C)c2ccc(OC(C)CC3CO3)cc2)cc1. The van der Waals surface area contributed by atoms with Gasteiger partial charge in [0.1, 0.15) is 35.7 Å². The molecule has 0 radical (unpaired) electrons. The average Bonchev–Trinajstić information content (AvgIpc) is 3.87. The van der Waals surface area contributed by atoms with Crippen molar-refractivity contribution in [1.82, 2.24) is 0 Å². The van der Waals surface area contributed by atoms with Crippen LogP contribution in [0.4, 0.5) is 0 Å². The fourth-order valence-corrected chi connectivity index (χ4v) is 4.45. The van der Waals surface area contributed by atoms with Gasteiger partial charge in [0.25, 0.3) is 0 Å². The maximum atomic E-state index is 6.06. The highest BCUT2D eigenvalue weighted by Gasteiger charge is 2.26. The highest BCUT2D eigenvalue weighted by atomic mass is 16.6. The molecule has 208 valence electrons. The third-order valence-corrected chi connectivity index (χ3v) is 7.22. The number of epoxide rings is 2. The van der Waals surface area contributed by atoms with E-state index in [-0.39, 0.29) is 23.5 Å².